The van der Waals surface area contributed by atoms with Gasteiger partial charge in [-0.25, -0.2) is 8.42 Å². The van der Waals surface area contributed by atoms with Crippen LogP contribution in [0.1, 0.15) is 23.7 Å². The van der Waals surface area contributed by atoms with Crippen LogP contribution < -0.4 is 0 Å². The summed E-state index contributed by atoms with van der Waals surface area (Å²) in [4.78, 5) is 19.7. The van der Waals surface area contributed by atoms with Gasteiger partial charge in [0.2, 0.25) is 0 Å². The summed E-state index contributed by atoms with van der Waals surface area (Å²) in [5.41, 5.74) is 2.66. The van der Waals surface area contributed by atoms with Crippen LogP contribution in [0.3, 0.4) is 0 Å². The minimum absolute atomic E-state index is 0.0789. The number of carboxylic acids is 1. The van der Waals surface area contributed by atoms with Gasteiger partial charge in [-0.05, 0) is 19.4 Å². The molecular formula is C19H25N3O4S. The molecule has 0 unspecified atom stereocenters. The SMILES string of the molecule is Cc1[nH]c2ccccc2c1[C@@H](C(=O)O)N1CCN([C@@H]2CCS(=O)(=O)C2)CC1. The minimum Gasteiger partial charge on any atom is -0.480 e. The number of para-hydroxylation sites is 1. The molecule has 2 aliphatic rings. The second-order valence-corrected chi connectivity index (χ2v) is 9.81. The normalized spacial score (nSPS) is 25.0. The number of aliphatic carboxylic acids is 1. The van der Waals surface area contributed by atoms with Gasteiger partial charge in [0.1, 0.15) is 6.04 Å². The van der Waals surface area contributed by atoms with Crippen molar-refractivity contribution in [1.29, 1.82) is 0 Å². The van der Waals surface area contributed by atoms with Gasteiger partial charge >= 0.3 is 5.97 Å². The zero-order valence-electron chi connectivity index (χ0n) is 15.4. The lowest BCUT2D eigenvalue weighted by Gasteiger charge is -2.40. The van der Waals surface area contributed by atoms with E-state index in [0.717, 1.165) is 22.2 Å². The van der Waals surface area contributed by atoms with Crippen molar-refractivity contribution in [3.63, 3.8) is 0 Å². The van der Waals surface area contributed by atoms with E-state index in [2.05, 4.69) is 9.88 Å². The van der Waals surface area contributed by atoms with Crippen LogP contribution in [0.2, 0.25) is 0 Å². The van der Waals surface area contributed by atoms with Crippen LogP contribution in [-0.4, -0.2) is 78.0 Å². The fourth-order valence-electron chi connectivity index (χ4n) is 4.54. The lowest BCUT2D eigenvalue weighted by atomic mass is 10.0. The molecule has 0 amide bonds. The van der Waals surface area contributed by atoms with E-state index in [9.17, 15) is 18.3 Å². The number of H-pyrrole nitrogens is 1. The number of aromatic amines is 1. The Bertz CT molecular complexity index is 960. The minimum atomic E-state index is -2.91. The number of carboxylic acid groups (broad SMARTS) is 1. The van der Waals surface area contributed by atoms with Gasteiger partial charge in [-0.15, -0.1) is 0 Å². The molecule has 0 saturated carbocycles. The van der Waals surface area contributed by atoms with Gasteiger partial charge in [-0.2, -0.15) is 0 Å². The molecule has 3 heterocycles. The number of nitrogens with one attached hydrogen (secondary N) is 1. The predicted octanol–water partition coefficient (Wildman–Crippen LogP) is 1.41. The summed E-state index contributed by atoms with van der Waals surface area (Å²) in [6.07, 6.45) is 0.687. The Hall–Kier alpha value is -1.90. The summed E-state index contributed by atoms with van der Waals surface area (Å²) in [5.74, 6) is -0.346. The number of hydrogen-bond acceptors (Lipinski definition) is 5. The number of aromatic nitrogens is 1. The largest absolute Gasteiger partial charge is 0.480 e. The van der Waals surface area contributed by atoms with Crippen molar-refractivity contribution in [3.05, 3.63) is 35.5 Å². The van der Waals surface area contributed by atoms with E-state index in [1.807, 2.05) is 36.1 Å². The van der Waals surface area contributed by atoms with Gasteiger partial charge in [0.25, 0.3) is 0 Å². The zero-order valence-corrected chi connectivity index (χ0v) is 16.2. The maximum absolute atomic E-state index is 12.2. The molecule has 0 radical (unpaired) electrons. The Balaban J connectivity index is 1.54. The molecule has 2 fully saturated rings. The summed E-state index contributed by atoms with van der Waals surface area (Å²) in [6, 6.07) is 7.17. The van der Waals surface area contributed by atoms with Crippen LogP contribution in [0.25, 0.3) is 10.9 Å². The van der Waals surface area contributed by atoms with Crippen LogP contribution in [0.5, 0.6) is 0 Å². The van der Waals surface area contributed by atoms with E-state index in [0.29, 0.717) is 32.6 Å². The van der Waals surface area contributed by atoms with E-state index in [4.69, 9.17) is 0 Å². The molecule has 1 aromatic heterocycles. The number of hydrogen-bond donors (Lipinski definition) is 2. The molecule has 7 nitrogen and oxygen atoms in total. The van der Waals surface area contributed by atoms with Gasteiger partial charge in [-0.1, -0.05) is 18.2 Å². The molecule has 2 N–H and O–H groups in total. The van der Waals surface area contributed by atoms with Crippen molar-refractivity contribution in [2.75, 3.05) is 37.7 Å². The van der Waals surface area contributed by atoms with Crippen LogP contribution in [0.15, 0.2) is 24.3 Å². The molecule has 4 rings (SSSR count). The number of nitrogens with zero attached hydrogens (tertiary/aromatic N) is 2. The van der Waals surface area contributed by atoms with Gasteiger partial charge in [0, 0.05) is 54.4 Å². The average Bonchev–Trinajstić information content (AvgIpc) is 3.15. The first-order chi connectivity index (χ1) is 12.9. The van der Waals surface area contributed by atoms with Crippen LogP contribution >= 0.6 is 0 Å². The third-order valence-electron chi connectivity index (χ3n) is 5.89. The first-order valence-electron chi connectivity index (χ1n) is 9.34. The van der Waals surface area contributed by atoms with E-state index in [1.54, 1.807) is 0 Å². The number of benzene rings is 1. The summed E-state index contributed by atoms with van der Waals surface area (Å²) >= 11 is 0. The molecule has 1 aromatic carbocycles. The molecular weight excluding hydrogens is 366 g/mol. The Kier molecular flexibility index (Phi) is 4.73. The van der Waals surface area contributed by atoms with Crippen LogP contribution in [0.4, 0.5) is 0 Å². The Morgan fingerprint density at radius 1 is 1.22 bits per heavy atom. The Labute approximate surface area is 158 Å². The second-order valence-electron chi connectivity index (χ2n) is 7.58. The first kappa shape index (κ1) is 18.5. The highest BCUT2D eigenvalue weighted by Crippen LogP contribution is 2.33. The molecule has 2 aromatic rings. The van der Waals surface area contributed by atoms with Gasteiger partial charge in [-0.3, -0.25) is 14.6 Å². The van der Waals surface area contributed by atoms with Gasteiger partial charge < -0.3 is 10.1 Å². The third-order valence-corrected chi connectivity index (χ3v) is 7.64. The highest BCUT2D eigenvalue weighted by atomic mass is 32.2. The Morgan fingerprint density at radius 3 is 2.56 bits per heavy atom. The number of fused-ring (bicyclic) bond motifs is 1. The molecule has 0 spiro atoms. The molecule has 2 atom stereocenters. The molecule has 2 saturated heterocycles. The van der Waals surface area contributed by atoms with Crippen LogP contribution in [0, 0.1) is 6.92 Å². The van der Waals surface area contributed by atoms with Crippen molar-refractivity contribution < 1.29 is 18.3 Å². The second kappa shape index (κ2) is 6.92. The summed E-state index contributed by atoms with van der Waals surface area (Å²) in [5, 5.41) is 10.9. The lowest BCUT2D eigenvalue weighted by Crippen LogP contribution is -2.52. The molecule has 27 heavy (non-hydrogen) atoms. The highest BCUT2D eigenvalue weighted by molar-refractivity contribution is 7.91. The Morgan fingerprint density at radius 2 is 1.93 bits per heavy atom. The smallest absolute Gasteiger partial charge is 0.325 e. The standard InChI is InChI=1S/C19H25N3O4S/c1-13-17(15-4-2-3-5-16(15)20-13)18(19(23)24)22-9-7-21(8-10-22)14-6-11-27(25,26)12-14/h2-5,14,18,20H,6-12H2,1H3,(H,23,24)/t14-,18+/m1/s1. The molecule has 2 aliphatic heterocycles. The van der Waals surface area contributed by atoms with E-state index in [-0.39, 0.29) is 17.5 Å². The summed E-state index contributed by atoms with van der Waals surface area (Å²) in [6.45, 7) is 4.56. The maximum atomic E-state index is 12.2. The molecule has 0 bridgehead atoms. The quantitative estimate of drug-likeness (QED) is 0.818. The molecule has 146 valence electrons. The van der Waals surface area contributed by atoms with Crippen molar-refractivity contribution in [3.8, 4) is 0 Å². The average molecular weight is 391 g/mol. The highest BCUT2D eigenvalue weighted by Gasteiger charge is 2.37. The van der Waals surface area contributed by atoms with Crippen LogP contribution in [-0.2, 0) is 14.6 Å². The number of aryl methyl sites for hydroxylation is 1. The number of carbonyl (C=O) groups is 1. The fraction of sp³-hybridized carbons (Fsp3) is 0.526. The first-order valence-corrected chi connectivity index (χ1v) is 11.2. The lowest BCUT2D eigenvalue weighted by molar-refractivity contribution is -0.144. The number of rotatable bonds is 4. The van der Waals surface area contributed by atoms with E-state index in [1.165, 1.54) is 0 Å². The summed E-state index contributed by atoms with van der Waals surface area (Å²) < 4.78 is 23.5. The van der Waals surface area contributed by atoms with Gasteiger partial charge in [0.05, 0.1) is 11.5 Å². The molecule has 8 heteroatoms. The van der Waals surface area contributed by atoms with Crippen molar-refractivity contribution in [2.24, 2.45) is 0 Å². The monoisotopic (exact) mass is 391 g/mol. The topological polar surface area (TPSA) is 93.7 Å². The number of sulfone groups is 1. The zero-order chi connectivity index (χ0) is 19.2. The fourth-order valence-corrected chi connectivity index (χ4v) is 6.30. The summed E-state index contributed by atoms with van der Waals surface area (Å²) in [7, 11) is -2.91. The predicted molar refractivity (Wildman–Crippen MR) is 104 cm³/mol. The van der Waals surface area contributed by atoms with Crippen molar-refractivity contribution in [1.82, 2.24) is 14.8 Å². The van der Waals surface area contributed by atoms with Crippen molar-refractivity contribution in [2.45, 2.75) is 25.4 Å². The van der Waals surface area contributed by atoms with Gasteiger partial charge in [0.15, 0.2) is 9.84 Å². The van der Waals surface area contributed by atoms with E-state index < -0.39 is 21.8 Å². The third kappa shape index (κ3) is 3.49. The molecule has 0 aliphatic carbocycles. The maximum Gasteiger partial charge on any atom is 0.325 e. The number of piperazine rings is 1. The van der Waals surface area contributed by atoms with E-state index >= 15 is 0 Å². The van der Waals surface area contributed by atoms with Crippen molar-refractivity contribution >= 4 is 26.7 Å².